The number of thiophene rings is 2. The van der Waals surface area contributed by atoms with Crippen LogP contribution in [0.25, 0.3) is 15.8 Å². The lowest BCUT2D eigenvalue weighted by molar-refractivity contribution is 0.0229. The molecular weight excluding hydrogens is 821 g/mol. The molecule has 4 aromatic rings. The maximum atomic E-state index is 15.4. The smallest absolute Gasteiger partial charge is 0.188 e. The lowest BCUT2D eigenvalue weighted by atomic mass is 9.57. The molecule has 0 unspecified atom stereocenters. The Balaban J connectivity index is 1.16. The number of aromatic hydroxyl groups is 1. The Hall–Kier alpha value is -4.84. The molecule has 10 atom stereocenters. The highest BCUT2D eigenvalue weighted by Crippen LogP contribution is 2.70. The van der Waals surface area contributed by atoms with Gasteiger partial charge >= 0.3 is 0 Å². The van der Waals surface area contributed by atoms with Crippen molar-refractivity contribution >= 4 is 46.2 Å². The number of benzene rings is 2. The Labute approximate surface area is 379 Å². The Morgan fingerprint density at radius 2 is 1.89 bits per heavy atom. The third-order valence-electron chi connectivity index (χ3n) is 16.1. The summed E-state index contributed by atoms with van der Waals surface area (Å²) in [6, 6.07) is 18.3. The summed E-state index contributed by atoms with van der Waals surface area (Å²) >= 11 is 3.27. The summed E-state index contributed by atoms with van der Waals surface area (Å²) in [6.07, 6.45) is 12.8. The highest BCUT2D eigenvalue weighted by molar-refractivity contribution is 7.23. The highest BCUT2D eigenvalue weighted by atomic mass is 32.1. The number of fused-ring (bicyclic) bond motifs is 8. The number of nitrogens with zero attached hydrogens (tertiary/aromatic N) is 1. The number of ketones is 1. The molecule has 2 aliphatic heterocycles. The minimum atomic E-state index is -1.14. The molecule has 7 N–H and O–H groups in total. The van der Waals surface area contributed by atoms with Crippen LogP contribution in [0.5, 0.6) is 5.75 Å². The number of hydrogen-bond acceptors (Lipinski definition) is 8. The number of carbonyl (C=O) groups is 1. The van der Waals surface area contributed by atoms with Crippen molar-refractivity contribution in [2.45, 2.75) is 102 Å². The number of aliphatic imine (C=N–C) groups is 1. The van der Waals surface area contributed by atoms with E-state index in [1.165, 1.54) is 5.56 Å². The van der Waals surface area contributed by atoms with Gasteiger partial charge in [0.1, 0.15) is 5.75 Å². The fourth-order valence-electron chi connectivity index (χ4n) is 13.3. The van der Waals surface area contributed by atoms with Crippen molar-refractivity contribution in [1.82, 2.24) is 5.32 Å². The van der Waals surface area contributed by atoms with E-state index in [1.807, 2.05) is 38.1 Å². The summed E-state index contributed by atoms with van der Waals surface area (Å²) in [6.45, 7) is 3.86. The second-order valence-corrected chi connectivity index (χ2v) is 21.9. The van der Waals surface area contributed by atoms with Crippen LogP contribution >= 0.6 is 22.7 Å². The van der Waals surface area contributed by atoms with E-state index in [0.29, 0.717) is 24.4 Å². The van der Waals surface area contributed by atoms with Crippen LogP contribution in [0.2, 0.25) is 0 Å². The van der Waals surface area contributed by atoms with E-state index < -0.39 is 11.6 Å². The molecule has 63 heavy (non-hydrogen) atoms. The number of hydrogen-bond donors (Lipinski definition) is 6. The largest absolute Gasteiger partial charge is 0.507 e. The summed E-state index contributed by atoms with van der Waals surface area (Å²) in [4.78, 5) is 23.8. The molecule has 10 rings (SSSR count). The number of nitrogens with one attached hydrogen (secondary N) is 2. The Morgan fingerprint density at radius 1 is 1.06 bits per heavy atom. The molecule has 4 heterocycles. The zero-order valence-corrected chi connectivity index (χ0v) is 38.1. The van der Waals surface area contributed by atoms with E-state index in [0.717, 1.165) is 99.7 Å². The van der Waals surface area contributed by atoms with Crippen LogP contribution in [0, 0.1) is 64.1 Å². The van der Waals surface area contributed by atoms with Crippen molar-refractivity contribution in [2.75, 3.05) is 19.0 Å². The second kappa shape index (κ2) is 16.3. The van der Waals surface area contributed by atoms with Gasteiger partial charge in [-0.25, -0.2) is 0 Å². The van der Waals surface area contributed by atoms with Crippen LogP contribution in [0.3, 0.4) is 0 Å². The normalized spacial score (nSPS) is 32.8. The summed E-state index contributed by atoms with van der Waals surface area (Å²) in [5.41, 5.74) is 10.3. The van der Waals surface area contributed by atoms with E-state index >= 15 is 4.79 Å². The molecule has 2 aromatic heterocycles. The number of aliphatic hydroxyl groups is 2. The standard InChI is InChI=1S/C53H58N4O4S2/c1-4-7-37-13-17-44(62-37)45-18-19-46(63-45)49(60)40-16-12-34-27-52(40)28-41(53(30-52)21-6-10-36(53)29-58)33-11-14-38-35(24-42(34)56-50(54)55-3)25-43(59)39-15-20-47(57-48(38)39)51(2,61)26-32-9-5-8-31(22-32)23-33/h5,8-9,13,15,17-20,22,25,33-34,36,40-42,47,57-59,61H,6,10,12,16,21,23-24,26-30H2,1-3H3,(H3,54,55,56)/t33-,34-,36+,40+,41-,42-,47-,51+,52+,53-/m0/s1. The molecule has 6 aliphatic rings. The number of carbonyl (C=O) groups excluding carboxylic acids is 1. The van der Waals surface area contributed by atoms with Gasteiger partial charge in [0, 0.05) is 53.3 Å². The number of Topliss-reactive ketones (excluding diaryl/α,β-unsaturated/α-hetero) is 1. The predicted molar refractivity (Wildman–Crippen MR) is 255 cm³/mol. The molecule has 2 spiro atoms. The monoisotopic (exact) mass is 878 g/mol. The minimum Gasteiger partial charge on any atom is -0.507 e. The van der Waals surface area contributed by atoms with E-state index in [-0.39, 0.29) is 64.6 Å². The molecule has 8 nitrogen and oxygen atoms in total. The molecule has 4 aliphatic carbocycles. The van der Waals surface area contributed by atoms with Crippen molar-refractivity contribution in [1.29, 1.82) is 0 Å². The molecule has 9 bridgehead atoms. The van der Waals surface area contributed by atoms with Crippen LogP contribution in [-0.2, 0) is 19.3 Å². The molecule has 0 amide bonds. The number of guanidine groups is 1. The zero-order chi connectivity index (χ0) is 43.7. The van der Waals surface area contributed by atoms with Crippen molar-refractivity contribution in [3.05, 3.63) is 98.2 Å². The van der Waals surface area contributed by atoms with E-state index in [9.17, 15) is 15.3 Å². The Kier molecular flexibility index (Phi) is 10.9. The first kappa shape index (κ1) is 42.1. The quantitative estimate of drug-likeness (QED) is 0.0510. The van der Waals surface area contributed by atoms with Crippen molar-refractivity contribution in [2.24, 2.45) is 51.1 Å². The maximum Gasteiger partial charge on any atom is 0.188 e. The number of anilines is 1. The molecule has 2 aromatic carbocycles. The first-order valence-corrected chi connectivity index (χ1v) is 24.5. The van der Waals surface area contributed by atoms with Gasteiger partial charge in [0.05, 0.1) is 32.6 Å². The second-order valence-electron chi connectivity index (χ2n) is 19.7. The van der Waals surface area contributed by atoms with Crippen LogP contribution in [0.1, 0.15) is 108 Å². The molecule has 3 saturated carbocycles. The molecular formula is C53H58N4O4S2. The number of rotatable bonds is 5. The minimum absolute atomic E-state index is 0.0693. The van der Waals surface area contributed by atoms with Crippen molar-refractivity contribution < 1.29 is 20.1 Å². The summed E-state index contributed by atoms with van der Waals surface area (Å²) in [5.74, 6) is 14.8. The first-order chi connectivity index (χ1) is 30.4. The topological polar surface area (TPSA) is 140 Å². The van der Waals surface area contributed by atoms with Gasteiger partial charge in [-0.15, -0.1) is 28.6 Å². The average molecular weight is 879 g/mol. The Morgan fingerprint density at radius 3 is 2.71 bits per heavy atom. The molecule has 3 fully saturated rings. The van der Waals surface area contributed by atoms with Gasteiger partial charge in [-0.1, -0.05) is 60.6 Å². The summed E-state index contributed by atoms with van der Waals surface area (Å²) in [5, 5.41) is 42.6. The molecule has 10 heteroatoms. The maximum absolute atomic E-state index is 15.4. The fourth-order valence-corrected chi connectivity index (χ4v) is 15.3. The molecule has 0 radical (unpaired) electrons. The third-order valence-corrected chi connectivity index (χ3v) is 18.4. The van der Waals surface area contributed by atoms with Gasteiger partial charge in [0.2, 0.25) is 0 Å². The van der Waals surface area contributed by atoms with Gasteiger partial charge in [-0.3, -0.25) is 9.79 Å². The van der Waals surface area contributed by atoms with Crippen LogP contribution in [0.4, 0.5) is 5.69 Å². The van der Waals surface area contributed by atoms with Gasteiger partial charge < -0.3 is 31.7 Å². The van der Waals surface area contributed by atoms with Gasteiger partial charge in [-0.05, 0) is 147 Å². The van der Waals surface area contributed by atoms with Gasteiger partial charge in [0.25, 0.3) is 0 Å². The summed E-state index contributed by atoms with van der Waals surface area (Å²) in [7, 11) is 1.70. The summed E-state index contributed by atoms with van der Waals surface area (Å²) < 4.78 is 0. The van der Waals surface area contributed by atoms with Crippen molar-refractivity contribution in [3.8, 4) is 39.2 Å². The van der Waals surface area contributed by atoms with Crippen LogP contribution in [0.15, 0.2) is 65.7 Å². The van der Waals surface area contributed by atoms with E-state index in [2.05, 4.69) is 81.8 Å². The SMILES string of the molecule is CC#Cc1ccc(-c2ccc(C(=O)[C@H]3CC[C@H]4C[C@]35C[C@@H]([C@H]3C#Cc6c(cc(O)c7c6N[C@@H](C=C7)[C@](C)(O)Cc6cccc(c6)C3)C[C@@H]4NC(N)=NC)[C@@]3(CCC[C@@H]3CO)C5)s2)s1. The fraction of sp³-hybridized carbons (Fsp3) is 0.472. The highest BCUT2D eigenvalue weighted by Gasteiger charge is 2.64. The molecule has 0 saturated heterocycles. The number of nitrogens with two attached hydrogens (primary N) is 1. The van der Waals surface area contributed by atoms with Gasteiger partial charge in [-0.2, -0.15) is 0 Å². The lowest BCUT2D eigenvalue weighted by Crippen LogP contribution is -2.50. The van der Waals surface area contributed by atoms with Crippen LogP contribution in [-0.4, -0.2) is 58.4 Å². The number of phenolic OH excluding ortho intramolecular Hbond substituents is 1. The zero-order valence-electron chi connectivity index (χ0n) is 36.5. The van der Waals surface area contributed by atoms with Crippen LogP contribution < -0.4 is 16.4 Å². The van der Waals surface area contributed by atoms with E-state index in [4.69, 9.17) is 5.73 Å². The first-order valence-electron chi connectivity index (χ1n) is 22.8. The number of aliphatic hydroxyl groups excluding tert-OH is 1. The lowest BCUT2D eigenvalue weighted by Gasteiger charge is -2.48. The predicted octanol–water partition coefficient (Wildman–Crippen LogP) is 8.81. The van der Waals surface area contributed by atoms with Crippen molar-refractivity contribution in [3.63, 3.8) is 0 Å². The van der Waals surface area contributed by atoms with E-state index in [1.54, 1.807) is 29.7 Å². The average Bonchev–Trinajstić information content (AvgIpc) is 4.09. The van der Waals surface area contributed by atoms with Gasteiger partial charge in [0.15, 0.2) is 11.7 Å². The third kappa shape index (κ3) is 7.41. The number of phenols is 1. The molecule has 326 valence electrons. The Bertz CT molecular complexity index is 2650.